The molecule has 7 heteroatoms. The molecule has 0 radical (unpaired) electrons. The molecule has 0 spiro atoms. The molecule has 3 aromatic rings. The topological polar surface area (TPSA) is 94.5 Å². The van der Waals surface area contributed by atoms with Gasteiger partial charge >= 0.3 is 0 Å². The maximum absolute atomic E-state index is 12.0. The highest BCUT2D eigenvalue weighted by Gasteiger charge is 2.38. The van der Waals surface area contributed by atoms with Crippen LogP contribution >= 0.6 is 0 Å². The summed E-state index contributed by atoms with van der Waals surface area (Å²) in [5.41, 5.74) is 9.84. The summed E-state index contributed by atoms with van der Waals surface area (Å²) in [6, 6.07) is 7.98. The Balaban J connectivity index is 1.43. The van der Waals surface area contributed by atoms with Gasteiger partial charge in [0.1, 0.15) is 11.9 Å². The lowest BCUT2D eigenvalue weighted by atomic mass is 9.77. The van der Waals surface area contributed by atoms with Crippen LogP contribution in [0.1, 0.15) is 38.3 Å². The summed E-state index contributed by atoms with van der Waals surface area (Å²) >= 11 is 0. The number of nitrogens with zero attached hydrogens (tertiary/aromatic N) is 3. The summed E-state index contributed by atoms with van der Waals surface area (Å²) < 4.78 is 7.98. The van der Waals surface area contributed by atoms with Gasteiger partial charge in [-0.3, -0.25) is 9.78 Å². The highest BCUT2D eigenvalue weighted by Crippen LogP contribution is 2.37. The first kappa shape index (κ1) is 18.1. The number of aromatic nitrogens is 3. The minimum atomic E-state index is -0.138. The van der Waals surface area contributed by atoms with Crippen molar-refractivity contribution in [3.05, 3.63) is 42.4 Å². The summed E-state index contributed by atoms with van der Waals surface area (Å²) in [7, 11) is 0. The summed E-state index contributed by atoms with van der Waals surface area (Å²) in [5, 5.41) is 7.36. The van der Waals surface area contributed by atoms with Gasteiger partial charge in [0.15, 0.2) is 5.82 Å². The molecule has 7 nitrogen and oxygen atoms in total. The van der Waals surface area contributed by atoms with Gasteiger partial charge in [-0.2, -0.15) is 5.10 Å². The predicted octanol–water partition coefficient (Wildman–Crippen LogP) is 3.31. The molecule has 3 N–H and O–H groups in total. The molecule has 2 aliphatic carbocycles. The first-order valence-corrected chi connectivity index (χ1v) is 10.1. The maximum Gasteiger partial charge on any atom is 0.228 e. The maximum atomic E-state index is 12.0. The van der Waals surface area contributed by atoms with E-state index < -0.39 is 0 Å². The molecule has 150 valence electrons. The van der Waals surface area contributed by atoms with Gasteiger partial charge in [-0.25, -0.2) is 4.52 Å². The van der Waals surface area contributed by atoms with E-state index in [4.69, 9.17) is 10.5 Å². The third-order valence-corrected chi connectivity index (χ3v) is 5.66. The smallest absolute Gasteiger partial charge is 0.228 e. The van der Waals surface area contributed by atoms with Crippen molar-refractivity contribution in [2.45, 2.75) is 51.2 Å². The second kappa shape index (κ2) is 6.56. The number of hydrogen-bond donors (Lipinski definition) is 2. The number of aryl methyl sites for hydroxylation is 1. The quantitative estimate of drug-likeness (QED) is 0.696. The molecular weight excluding hydrogens is 366 g/mol. The largest absolute Gasteiger partial charge is 0.488 e. The van der Waals surface area contributed by atoms with Crippen LogP contribution in [0, 0.1) is 12.8 Å². The third kappa shape index (κ3) is 3.70. The average molecular weight is 391 g/mol. The summed E-state index contributed by atoms with van der Waals surface area (Å²) in [6.07, 6.45) is 7.43. The van der Waals surface area contributed by atoms with Gasteiger partial charge < -0.3 is 15.8 Å². The van der Waals surface area contributed by atoms with Gasteiger partial charge in [0.25, 0.3) is 0 Å². The van der Waals surface area contributed by atoms with Crippen LogP contribution in [-0.2, 0) is 4.79 Å². The molecule has 0 unspecified atom stereocenters. The van der Waals surface area contributed by atoms with Crippen molar-refractivity contribution in [2.75, 3.05) is 5.32 Å². The molecule has 3 aromatic heterocycles. The first-order valence-electron chi connectivity index (χ1n) is 10.1. The van der Waals surface area contributed by atoms with Crippen molar-refractivity contribution < 1.29 is 9.53 Å². The van der Waals surface area contributed by atoms with Crippen molar-refractivity contribution in [2.24, 2.45) is 11.7 Å². The number of pyridine rings is 2. The van der Waals surface area contributed by atoms with Gasteiger partial charge in [0, 0.05) is 47.8 Å². The zero-order valence-corrected chi connectivity index (χ0v) is 16.7. The van der Waals surface area contributed by atoms with Gasteiger partial charge in [0.05, 0.1) is 11.7 Å². The fraction of sp³-hybridized carbons (Fsp3) is 0.409. The van der Waals surface area contributed by atoms with E-state index in [0.29, 0.717) is 5.82 Å². The Morgan fingerprint density at radius 1 is 1.31 bits per heavy atom. The molecule has 0 saturated heterocycles. The fourth-order valence-corrected chi connectivity index (χ4v) is 3.91. The first-order chi connectivity index (χ1) is 13.9. The standard InChI is InChI=1S/C22H25N5O2/c1-13-7-18(19(12-24-13)29-17-10-22(2,23)11-17)15-5-6-27-16(8-15)9-20(26-27)25-21(28)14-3-4-14/h5-9,12,14,17H,3-4,10-11,23H2,1-2H3,(H,25,26,28). The molecule has 2 saturated carbocycles. The zero-order valence-electron chi connectivity index (χ0n) is 16.7. The Morgan fingerprint density at radius 2 is 2.10 bits per heavy atom. The number of carbonyl (C=O) groups is 1. The summed E-state index contributed by atoms with van der Waals surface area (Å²) in [4.78, 5) is 16.4. The van der Waals surface area contributed by atoms with E-state index >= 15 is 0 Å². The molecule has 0 bridgehead atoms. The summed E-state index contributed by atoms with van der Waals surface area (Å²) in [5.74, 6) is 1.55. The number of amides is 1. The van der Waals surface area contributed by atoms with E-state index in [1.54, 1.807) is 10.7 Å². The number of anilines is 1. The Morgan fingerprint density at radius 3 is 2.83 bits per heavy atom. The predicted molar refractivity (Wildman–Crippen MR) is 111 cm³/mol. The zero-order chi connectivity index (χ0) is 20.2. The molecule has 0 atom stereocenters. The van der Waals surface area contributed by atoms with Gasteiger partial charge in [-0.05, 0) is 50.5 Å². The van der Waals surface area contributed by atoms with Crippen LogP contribution in [0.4, 0.5) is 5.82 Å². The fourth-order valence-electron chi connectivity index (χ4n) is 3.91. The molecule has 5 rings (SSSR count). The van der Waals surface area contributed by atoms with Crippen molar-refractivity contribution in [1.29, 1.82) is 0 Å². The van der Waals surface area contributed by atoms with Crippen LogP contribution in [0.3, 0.4) is 0 Å². The molecule has 0 aromatic carbocycles. The number of nitrogens with two attached hydrogens (primary N) is 1. The Bertz CT molecular complexity index is 1090. The number of nitrogens with one attached hydrogen (secondary N) is 1. The minimum Gasteiger partial charge on any atom is -0.488 e. The number of carbonyl (C=O) groups excluding carboxylic acids is 1. The Hall–Kier alpha value is -2.93. The van der Waals surface area contributed by atoms with Crippen molar-refractivity contribution in [3.8, 4) is 16.9 Å². The Kier molecular flexibility index (Phi) is 4.10. The molecular formula is C22H25N5O2. The van der Waals surface area contributed by atoms with E-state index in [-0.39, 0.29) is 23.5 Å². The summed E-state index contributed by atoms with van der Waals surface area (Å²) in [6.45, 7) is 4.02. The lowest BCUT2D eigenvalue weighted by Gasteiger charge is -2.42. The highest BCUT2D eigenvalue weighted by molar-refractivity contribution is 5.93. The van der Waals surface area contributed by atoms with Crippen LogP contribution in [-0.4, -0.2) is 32.1 Å². The van der Waals surface area contributed by atoms with Crippen LogP contribution < -0.4 is 15.8 Å². The van der Waals surface area contributed by atoms with Crippen LogP contribution in [0.5, 0.6) is 5.75 Å². The van der Waals surface area contributed by atoms with Crippen molar-refractivity contribution >= 4 is 17.2 Å². The van der Waals surface area contributed by atoms with E-state index in [9.17, 15) is 4.79 Å². The average Bonchev–Trinajstić information content (AvgIpc) is 3.42. The number of fused-ring (bicyclic) bond motifs is 1. The number of ether oxygens (including phenoxy) is 1. The number of rotatable bonds is 5. The molecule has 3 heterocycles. The van der Waals surface area contributed by atoms with Gasteiger partial charge in [-0.1, -0.05) is 0 Å². The minimum absolute atomic E-state index is 0.0569. The van der Waals surface area contributed by atoms with E-state index in [0.717, 1.165) is 53.8 Å². The van der Waals surface area contributed by atoms with E-state index in [1.807, 2.05) is 38.2 Å². The van der Waals surface area contributed by atoms with Crippen molar-refractivity contribution in [3.63, 3.8) is 0 Å². The highest BCUT2D eigenvalue weighted by atomic mass is 16.5. The van der Waals surface area contributed by atoms with E-state index in [2.05, 4.69) is 21.5 Å². The van der Waals surface area contributed by atoms with Gasteiger partial charge in [0.2, 0.25) is 5.91 Å². The molecule has 29 heavy (non-hydrogen) atoms. The monoisotopic (exact) mass is 391 g/mol. The van der Waals surface area contributed by atoms with Crippen LogP contribution in [0.25, 0.3) is 16.6 Å². The second-order valence-electron chi connectivity index (χ2n) is 8.70. The molecule has 0 aliphatic heterocycles. The normalized spacial score (nSPS) is 23.6. The lowest BCUT2D eigenvalue weighted by Crippen LogP contribution is -2.54. The van der Waals surface area contributed by atoms with Crippen molar-refractivity contribution in [1.82, 2.24) is 14.6 Å². The Labute approximate surface area is 169 Å². The van der Waals surface area contributed by atoms with E-state index in [1.165, 1.54) is 0 Å². The third-order valence-electron chi connectivity index (χ3n) is 5.66. The lowest BCUT2D eigenvalue weighted by molar-refractivity contribution is -0.117. The second-order valence-corrected chi connectivity index (χ2v) is 8.70. The van der Waals surface area contributed by atoms with Gasteiger partial charge in [-0.15, -0.1) is 0 Å². The van der Waals surface area contributed by atoms with Crippen LogP contribution in [0.15, 0.2) is 36.7 Å². The number of hydrogen-bond acceptors (Lipinski definition) is 5. The molecule has 1 amide bonds. The molecule has 2 aliphatic rings. The molecule has 2 fully saturated rings. The SMILES string of the molecule is Cc1cc(-c2ccn3nc(NC(=O)C4CC4)cc3c2)c(OC2CC(C)(N)C2)cn1. The van der Waals surface area contributed by atoms with Crippen LogP contribution in [0.2, 0.25) is 0 Å².